The molecule has 2 aromatic carbocycles. The lowest BCUT2D eigenvalue weighted by Gasteiger charge is -2.35. The Balaban J connectivity index is 1.77. The van der Waals surface area contributed by atoms with Gasteiger partial charge in [0.25, 0.3) is 0 Å². The van der Waals surface area contributed by atoms with Crippen LogP contribution < -0.4 is 5.32 Å². The Bertz CT molecular complexity index is 824. The van der Waals surface area contributed by atoms with E-state index in [2.05, 4.69) is 21.2 Å². The predicted molar refractivity (Wildman–Crippen MR) is 116 cm³/mol. The normalized spacial score (nSPS) is 17.8. The number of carbonyl (C=O) groups excluding carboxylic acids is 2. The average Bonchev–Trinajstić information content (AvgIpc) is 2.72. The summed E-state index contributed by atoms with van der Waals surface area (Å²) in [6.07, 6.45) is 0.213. The van der Waals surface area contributed by atoms with Crippen LogP contribution in [0, 0.1) is 5.92 Å². The number of nitrogens with zero attached hydrogens (tertiary/aromatic N) is 1. The minimum absolute atomic E-state index is 0.0984. The van der Waals surface area contributed by atoms with Gasteiger partial charge in [-0.05, 0) is 29.2 Å². The molecule has 1 aliphatic heterocycles. The molecule has 154 valence electrons. The fourth-order valence-electron chi connectivity index (χ4n) is 3.43. The third-order valence-corrected chi connectivity index (χ3v) is 5.43. The summed E-state index contributed by atoms with van der Waals surface area (Å²) in [5.74, 6) is 0.0188. The molecular weight excluding hydrogens is 432 g/mol. The highest BCUT2D eigenvalue weighted by atomic mass is 79.9. The molecule has 0 aliphatic carbocycles. The molecule has 1 fully saturated rings. The average molecular weight is 459 g/mol. The van der Waals surface area contributed by atoms with Gasteiger partial charge >= 0.3 is 0 Å². The Morgan fingerprint density at radius 2 is 1.83 bits per heavy atom. The lowest BCUT2D eigenvalue weighted by atomic mass is 10.0. The molecule has 1 heterocycles. The number of morpholine rings is 1. The number of benzene rings is 2. The van der Waals surface area contributed by atoms with Crippen LogP contribution >= 0.6 is 15.9 Å². The Hall–Kier alpha value is -2.18. The molecule has 0 bridgehead atoms. The van der Waals surface area contributed by atoms with Gasteiger partial charge in [-0.15, -0.1) is 0 Å². The number of amides is 2. The second kappa shape index (κ2) is 10.0. The van der Waals surface area contributed by atoms with Crippen LogP contribution in [0.4, 0.5) is 0 Å². The summed E-state index contributed by atoms with van der Waals surface area (Å²) in [4.78, 5) is 27.6. The predicted octanol–water partition coefficient (Wildman–Crippen LogP) is 4.25. The Morgan fingerprint density at radius 1 is 1.14 bits per heavy atom. The molecule has 29 heavy (non-hydrogen) atoms. The van der Waals surface area contributed by atoms with E-state index in [9.17, 15) is 9.59 Å². The third-order valence-electron chi connectivity index (χ3n) is 4.90. The lowest BCUT2D eigenvalue weighted by Crippen LogP contribution is -2.48. The molecule has 1 N–H and O–H groups in total. The van der Waals surface area contributed by atoms with Crippen molar-refractivity contribution in [2.45, 2.75) is 32.4 Å². The van der Waals surface area contributed by atoms with E-state index < -0.39 is 6.04 Å². The van der Waals surface area contributed by atoms with Gasteiger partial charge in [0, 0.05) is 17.4 Å². The minimum atomic E-state index is -0.689. The van der Waals surface area contributed by atoms with Crippen LogP contribution in [-0.2, 0) is 14.3 Å². The van der Waals surface area contributed by atoms with Crippen LogP contribution in [0.3, 0.4) is 0 Å². The topological polar surface area (TPSA) is 58.6 Å². The molecule has 6 heteroatoms. The van der Waals surface area contributed by atoms with Crippen LogP contribution in [0.1, 0.15) is 43.5 Å². The Labute approximate surface area is 180 Å². The van der Waals surface area contributed by atoms with Crippen molar-refractivity contribution in [3.8, 4) is 0 Å². The van der Waals surface area contributed by atoms with Gasteiger partial charge in [0.15, 0.2) is 0 Å². The van der Waals surface area contributed by atoms with Gasteiger partial charge in [-0.1, -0.05) is 72.2 Å². The van der Waals surface area contributed by atoms with Gasteiger partial charge in [0.1, 0.15) is 12.1 Å². The molecule has 0 spiro atoms. The number of nitrogens with one attached hydrogen (secondary N) is 1. The molecule has 0 saturated carbocycles. The molecule has 2 atom stereocenters. The van der Waals surface area contributed by atoms with Crippen LogP contribution in [0.2, 0.25) is 0 Å². The first kappa shape index (κ1) is 21.5. The van der Waals surface area contributed by atoms with Crippen molar-refractivity contribution in [3.63, 3.8) is 0 Å². The summed E-state index contributed by atoms with van der Waals surface area (Å²) in [6, 6.07) is 16.7. The summed E-state index contributed by atoms with van der Waals surface area (Å²) < 4.78 is 6.91. The molecular formula is C23H27BrN2O3. The number of ether oxygens (including phenoxy) is 1. The van der Waals surface area contributed by atoms with E-state index in [1.54, 1.807) is 4.90 Å². The van der Waals surface area contributed by atoms with E-state index in [4.69, 9.17) is 4.74 Å². The zero-order valence-electron chi connectivity index (χ0n) is 16.8. The van der Waals surface area contributed by atoms with E-state index >= 15 is 0 Å². The summed E-state index contributed by atoms with van der Waals surface area (Å²) in [5.41, 5.74) is 1.83. The first-order chi connectivity index (χ1) is 13.9. The summed E-state index contributed by atoms with van der Waals surface area (Å²) in [7, 11) is 0. The highest BCUT2D eigenvalue weighted by Crippen LogP contribution is 2.26. The standard InChI is InChI=1S/C23H27BrN2O3/c1-16(2)14-21(27)25-22(18-6-4-3-5-7-18)23(28)26-12-13-29-20(15-26)17-8-10-19(24)11-9-17/h3-11,16,20,22H,12-15H2,1-2H3,(H,25,27). The van der Waals surface area contributed by atoms with Gasteiger partial charge in [0.05, 0.1) is 13.2 Å². The quantitative estimate of drug-likeness (QED) is 0.703. The fraction of sp³-hybridized carbons (Fsp3) is 0.391. The maximum atomic E-state index is 13.4. The van der Waals surface area contributed by atoms with Crippen LogP contribution in [0.15, 0.2) is 59.1 Å². The zero-order chi connectivity index (χ0) is 20.8. The van der Waals surface area contributed by atoms with E-state index in [1.165, 1.54) is 0 Å². The molecule has 0 radical (unpaired) electrons. The molecule has 2 unspecified atom stereocenters. The van der Waals surface area contributed by atoms with Crippen LogP contribution in [0.5, 0.6) is 0 Å². The summed E-state index contributed by atoms with van der Waals surface area (Å²) in [5, 5.41) is 2.95. The summed E-state index contributed by atoms with van der Waals surface area (Å²) in [6.45, 7) is 5.42. The molecule has 1 aliphatic rings. The van der Waals surface area contributed by atoms with E-state index in [0.29, 0.717) is 26.1 Å². The SMILES string of the molecule is CC(C)CC(=O)NC(C(=O)N1CCOC(c2ccc(Br)cc2)C1)c1ccccc1. The third kappa shape index (κ3) is 5.90. The highest BCUT2D eigenvalue weighted by molar-refractivity contribution is 9.10. The maximum absolute atomic E-state index is 13.4. The number of hydrogen-bond donors (Lipinski definition) is 1. The van der Waals surface area contributed by atoms with E-state index in [-0.39, 0.29) is 23.8 Å². The fourth-order valence-corrected chi connectivity index (χ4v) is 3.70. The monoisotopic (exact) mass is 458 g/mol. The van der Waals surface area contributed by atoms with Crippen molar-refractivity contribution >= 4 is 27.7 Å². The second-order valence-corrected chi connectivity index (χ2v) is 8.62. The molecule has 1 saturated heterocycles. The second-order valence-electron chi connectivity index (χ2n) is 7.70. The van der Waals surface area contributed by atoms with Crippen LogP contribution in [-0.4, -0.2) is 36.4 Å². The summed E-state index contributed by atoms with van der Waals surface area (Å²) >= 11 is 3.44. The maximum Gasteiger partial charge on any atom is 0.249 e. The lowest BCUT2D eigenvalue weighted by molar-refractivity contribution is -0.143. The van der Waals surface area contributed by atoms with Crippen molar-refractivity contribution in [2.24, 2.45) is 5.92 Å². The number of halogens is 1. The Kier molecular flexibility index (Phi) is 7.45. The Morgan fingerprint density at radius 3 is 2.48 bits per heavy atom. The van der Waals surface area contributed by atoms with Crippen molar-refractivity contribution in [3.05, 3.63) is 70.2 Å². The van der Waals surface area contributed by atoms with Gasteiger partial charge in [-0.2, -0.15) is 0 Å². The van der Waals surface area contributed by atoms with Gasteiger partial charge in [-0.25, -0.2) is 0 Å². The molecule has 2 aromatic rings. The molecule has 5 nitrogen and oxygen atoms in total. The van der Waals surface area contributed by atoms with Gasteiger partial charge in [-0.3, -0.25) is 9.59 Å². The number of carbonyl (C=O) groups is 2. The van der Waals surface area contributed by atoms with Gasteiger partial charge in [0.2, 0.25) is 11.8 Å². The van der Waals surface area contributed by atoms with Crippen molar-refractivity contribution in [1.29, 1.82) is 0 Å². The van der Waals surface area contributed by atoms with E-state index in [1.807, 2.05) is 68.4 Å². The number of rotatable bonds is 6. The smallest absolute Gasteiger partial charge is 0.249 e. The number of hydrogen-bond acceptors (Lipinski definition) is 3. The first-order valence-corrected chi connectivity index (χ1v) is 10.7. The zero-order valence-corrected chi connectivity index (χ0v) is 18.4. The molecule has 0 aromatic heterocycles. The van der Waals surface area contributed by atoms with Crippen molar-refractivity contribution < 1.29 is 14.3 Å². The molecule has 2 amide bonds. The van der Waals surface area contributed by atoms with E-state index in [0.717, 1.165) is 15.6 Å². The molecule has 3 rings (SSSR count). The highest BCUT2D eigenvalue weighted by Gasteiger charge is 2.32. The minimum Gasteiger partial charge on any atom is -0.370 e. The van der Waals surface area contributed by atoms with Crippen LogP contribution in [0.25, 0.3) is 0 Å². The largest absolute Gasteiger partial charge is 0.370 e. The van der Waals surface area contributed by atoms with Crippen molar-refractivity contribution in [1.82, 2.24) is 10.2 Å². The van der Waals surface area contributed by atoms with Gasteiger partial charge < -0.3 is 15.0 Å². The first-order valence-electron chi connectivity index (χ1n) is 9.94. The van der Waals surface area contributed by atoms with Crippen molar-refractivity contribution in [2.75, 3.05) is 19.7 Å².